The van der Waals surface area contributed by atoms with Crippen molar-refractivity contribution in [3.63, 3.8) is 0 Å². The van der Waals surface area contributed by atoms with E-state index in [0.717, 1.165) is 6.92 Å². The smallest absolute Gasteiger partial charge is 0.370 e. The van der Waals surface area contributed by atoms with Crippen molar-refractivity contribution < 1.29 is 27.1 Å². The predicted octanol–water partition coefficient (Wildman–Crippen LogP) is 3.10. The van der Waals surface area contributed by atoms with Gasteiger partial charge < -0.3 is 4.74 Å². The van der Waals surface area contributed by atoms with Gasteiger partial charge in [-0.05, 0) is 30.1 Å². The van der Waals surface area contributed by atoms with Gasteiger partial charge in [-0.1, -0.05) is 15.9 Å². The summed E-state index contributed by atoms with van der Waals surface area (Å²) < 4.78 is 53.0. The number of carbonyl (C=O) groups is 1. The fourth-order valence-electron chi connectivity index (χ4n) is 1.24. The zero-order valence-electron chi connectivity index (χ0n) is 6.96. The summed E-state index contributed by atoms with van der Waals surface area (Å²) in [5.74, 6) is -1.29. The van der Waals surface area contributed by atoms with Gasteiger partial charge in [-0.25, -0.2) is 0 Å². The summed E-state index contributed by atoms with van der Waals surface area (Å²) >= 11 is 11.5. The van der Waals surface area contributed by atoms with Gasteiger partial charge >= 0.3 is 16.7 Å². The Hall–Kier alpha value is 0.250. The SMILES string of the molecule is CC1(Br)C(=O)OC1(C(F)(F)Cl)C(F)(F)Cl. The largest absolute Gasteiger partial charge is 0.440 e. The van der Waals surface area contributed by atoms with Crippen LogP contribution in [0.5, 0.6) is 0 Å². The van der Waals surface area contributed by atoms with Crippen molar-refractivity contribution in [2.45, 2.75) is 27.6 Å². The zero-order valence-corrected chi connectivity index (χ0v) is 10.1. The maximum absolute atomic E-state index is 12.9. The fourth-order valence-corrected chi connectivity index (χ4v) is 2.87. The molecule has 15 heavy (non-hydrogen) atoms. The number of carbonyl (C=O) groups excluding carboxylic acids is 1. The zero-order chi connectivity index (χ0) is 12.3. The van der Waals surface area contributed by atoms with Crippen LogP contribution < -0.4 is 0 Å². The van der Waals surface area contributed by atoms with Crippen molar-refractivity contribution in [3.8, 4) is 0 Å². The highest BCUT2D eigenvalue weighted by Crippen LogP contribution is 2.62. The molecule has 1 fully saturated rings. The van der Waals surface area contributed by atoms with E-state index < -0.39 is 26.7 Å². The van der Waals surface area contributed by atoms with Gasteiger partial charge in [0.15, 0.2) is 4.32 Å². The lowest BCUT2D eigenvalue weighted by atomic mass is 9.82. The molecule has 0 bridgehead atoms. The maximum atomic E-state index is 12.9. The number of halogens is 7. The molecule has 0 aliphatic carbocycles. The number of hydrogen-bond donors (Lipinski definition) is 0. The maximum Gasteiger partial charge on any atom is 0.370 e. The van der Waals surface area contributed by atoms with Gasteiger partial charge in [-0.3, -0.25) is 4.79 Å². The number of ether oxygens (including phenoxy) is 1. The Bertz CT molecular complexity index is 295. The summed E-state index contributed by atoms with van der Waals surface area (Å²) in [7, 11) is 0. The predicted molar refractivity (Wildman–Crippen MR) is 47.8 cm³/mol. The average Bonchev–Trinajstić information content (AvgIpc) is 1.94. The molecule has 0 aromatic carbocycles. The molecule has 0 N–H and O–H groups in total. The van der Waals surface area contributed by atoms with Crippen LogP contribution in [0.25, 0.3) is 0 Å². The molecular formula is C6H3BrCl2F4O2. The molecule has 0 spiro atoms. The second-order valence-corrected chi connectivity index (χ2v) is 5.60. The summed E-state index contributed by atoms with van der Waals surface area (Å²) in [6.45, 7) is 0.783. The first-order valence-electron chi connectivity index (χ1n) is 3.44. The van der Waals surface area contributed by atoms with Crippen LogP contribution in [0.1, 0.15) is 6.92 Å². The van der Waals surface area contributed by atoms with E-state index in [1.165, 1.54) is 0 Å². The van der Waals surface area contributed by atoms with Gasteiger partial charge in [0.25, 0.3) is 5.60 Å². The van der Waals surface area contributed by atoms with Crippen LogP contribution in [-0.2, 0) is 9.53 Å². The monoisotopic (exact) mass is 332 g/mol. The molecule has 1 rings (SSSR count). The van der Waals surface area contributed by atoms with Crippen molar-refractivity contribution >= 4 is 45.1 Å². The van der Waals surface area contributed by atoms with Crippen molar-refractivity contribution in [2.75, 3.05) is 0 Å². The molecule has 0 aromatic heterocycles. The number of cyclic esters (lactones) is 1. The average molecular weight is 334 g/mol. The third kappa shape index (κ3) is 1.46. The minimum absolute atomic E-state index is 0.783. The number of esters is 1. The first-order valence-corrected chi connectivity index (χ1v) is 4.98. The van der Waals surface area contributed by atoms with E-state index >= 15 is 0 Å². The van der Waals surface area contributed by atoms with Crippen LogP contribution in [0.15, 0.2) is 0 Å². The summed E-state index contributed by atoms with van der Waals surface area (Å²) in [5, 5.41) is -9.02. The lowest BCUT2D eigenvalue weighted by Crippen LogP contribution is -2.79. The minimum Gasteiger partial charge on any atom is -0.440 e. The van der Waals surface area contributed by atoms with Gasteiger partial charge in [0.1, 0.15) is 0 Å². The van der Waals surface area contributed by atoms with Crippen LogP contribution in [0.4, 0.5) is 17.6 Å². The highest BCUT2D eigenvalue weighted by Gasteiger charge is 2.86. The molecular weight excluding hydrogens is 331 g/mol. The van der Waals surface area contributed by atoms with Crippen LogP contribution in [-0.4, -0.2) is 26.7 Å². The van der Waals surface area contributed by atoms with Crippen LogP contribution >= 0.6 is 39.1 Å². The van der Waals surface area contributed by atoms with E-state index in [1.807, 2.05) is 0 Å². The van der Waals surface area contributed by atoms with Crippen LogP contribution in [0.2, 0.25) is 0 Å². The Morgan fingerprint density at radius 1 is 1.27 bits per heavy atom. The molecule has 1 heterocycles. The molecule has 0 saturated carbocycles. The molecule has 1 aliphatic rings. The summed E-state index contributed by atoms with van der Waals surface area (Å²) in [5.41, 5.74) is -3.60. The standard InChI is InChI=1S/C6H3BrCl2F4O2/c1-3(7)2(14)15-4(3,5(8,10)11)6(9,12)13/h1H3. The van der Waals surface area contributed by atoms with Crippen molar-refractivity contribution in [3.05, 3.63) is 0 Å². The summed E-state index contributed by atoms with van der Waals surface area (Å²) in [6.07, 6.45) is 0. The topological polar surface area (TPSA) is 26.3 Å². The Balaban J connectivity index is 3.32. The number of alkyl halides is 7. The van der Waals surface area contributed by atoms with Crippen molar-refractivity contribution in [1.29, 1.82) is 0 Å². The lowest BCUT2D eigenvalue weighted by Gasteiger charge is -2.53. The normalized spacial score (nSPS) is 30.8. The number of hydrogen-bond acceptors (Lipinski definition) is 2. The van der Waals surface area contributed by atoms with Gasteiger partial charge in [0.05, 0.1) is 0 Å². The van der Waals surface area contributed by atoms with E-state index in [4.69, 9.17) is 0 Å². The Morgan fingerprint density at radius 2 is 1.60 bits per heavy atom. The first kappa shape index (κ1) is 13.3. The van der Waals surface area contributed by atoms with E-state index in [2.05, 4.69) is 43.9 Å². The molecule has 1 aliphatic heterocycles. The Kier molecular flexibility index (Phi) is 2.78. The fraction of sp³-hybridized carbons (Fsp3) is 0.833. The summed E-state index contributed by atoms with van der Waals surface area (Å²) in [4.78, 5) is 10.8. The van der Waals surface area contributed by atoms with Crippen molar-refractivity contribution in [2.24, 2.45) is 0 Å². The Labute approximate surface area is 100.0 Å². The highest BCUT2D eigenvalue weighted by atomic mass is 79.9. The molecule has 1 atom stereocenters. The summed E-state index contributed by atoms with van der Waals surface area (Å²) in [6, 6.07) is 0. The van der Waals surface area contributed by atoms with E-state index in [-0.39, 0.29) is 0 Å². The molecule has 1 unspecified atom stereocenters. The van der Waals surface area contributed by atoms with Crippen LogP contribution in [0, 0.1) is 0 Å². The second-order valence-electron chi connectivity index (χ2n) is 3.07. The van der Waals surface area contributed by atoms with Gasteiger partial charge in [0, 0.05) is 0 Å². The molecule has 2 nitrogen and oxygen atoms in total. The molecule has 0 amide bonds. The third-order valence-corrected chi connectivity index (χ3v) is 3.50. The highest BCUT2D eigenvalue weighted by molar-refractivity contribution is 9.10. The van der Waals surface area contributed by atoms with Crippen LogP contribution in [0.3, 0.4) is 0 Å². The van der Waals surface area contributed by atoms with Gasteiger partial charge in [-0.2, -0.15) is 17.6 Å². The quantitative estimate of drug-likeness (QED) is 0.441. The second kappa shape index (κ2) is 3.13. The molecule has 9 heteroatoms. The Morgan fingerprint density at radius 3 is 1.67 bits per heavy atom. The van der Waals surface area contributed by atoms with E-state index in [1.54, 1.807) is 0 Å². The minimum atomic E-state index is -4.51. The molecule has 1 saturated heterocycles. The number of rotatable bonds is 2. The lowest BCUT2D eigenvalue weighted by molar-refractivity contribution is -0.290. The third-order valence-electron chi connectivity index (χ3n) is 2.09. The van der Waals surface area contributed by atoms with Gasteiger partial charge in [0.2, 0.25) is 0 Å². The molecule has 88 valence electrons. The molecule has 0 aromatic rings. The van der Waals surface area contributed by atoms with E-state index in [9.17, 15) is 22.4 Å². The first-order chi connectivity index (χ1) is 6.38. The van der Waals surface area contributed by atoms with Crippen molar-refractivity contribution in [1.82, 2.24) is 0 Å². The van der Waals surface area contributed by atoms with Gasteiger partial charge in [-0.15, -0.1) is 0 Å². The molecule has 0 radical (unpaired) electrons. The van der Waals surface area contributed by atoms with E-state index in [0.29, 0.717) is 0 Å².